The predicted octanol–water partition coefficient (Wildman–Crippen LogP) is 3.04. The summed E-state index contributed by atoms with van der Waals surface area (Å²) in [6.45, 7) is 0. The van der Waals surface area contributed by atoms with Crippen LogP contribution in [0.4, 0.5) is 0 Å². The van der Waals surface area contributed by atoms with Gasteiger partial charge >= 0.3 is 0 Å². The molecular formula is C10H6ClNO. The van der Waals surface area contributed by atoms with Gasteiger partial charge in [-0.2, -0.15) is 5.26 Å². The van der Waals surface area contributed by atoms with Gasteiger partial charge < -0.3 is 4.42 Å². The topological polar surface area (TPSA) is 36.9 Å². The fourth-order valence-corrected chi connectivity index (χ4v) is 1.35. The van der Waals surface area contributed by atoms with Gasteiger partial charge in [0.25, 0.3) is 0 Å². The average molecular weight is 192 g/mol. The molecule has 0 aliphatic rings. The van der Waals surface area contributed by atoms with Crippen molar-refractivity contribution in [2.45, 2.75) is 5.88 Å². The monoisotopic (exact) mass is 191 g/mol. The maximum Gasteiger partial charge on any atom is 0.135 e. The van der Waals surface area contributed by atoms with E-state index in [0.717, 1.165) is 16.7 Å². The molecule has 3 heteroatoms. The summed E-state index contributed by atoms with van der Waals surface area (Å²) in [5.41, 5.74) is 1.32. The number of nitriles is 1. The number of halogens is 1. The van der Waals surface area contributed by atoms with Gasteiger partial charge in [0.1, 0.15) is 11.3 Å². The lowest BCUT2D eigenvalue weighted by Gasteiger charge is -1.87. The van der Waals surface area contributed by atoms with E-state index in [4.69, 9.17) is 21.3 Å². The highest BCUT2D eigenvalue weighted by Crippen LogP contribution is 2.21. The molecular weight excluding hydrogens is 186 g/mol. The first-order chi connectivity index (χ1) is 6.33. The largest absolute Gasteiger partial charge is 0.460 e. The van der Waals surface area contributed by atoms with Crippen molar-refractivity contribution in [3.05, 3.63) is 35.6 Å². The van der Waals surface area contributed by atoms with Gasteiger partial charge in [0.15, 0.2) is 0 Å². The van der Waals surface area contributed by atoms with E-state index in [9.17, 15) is 0 Å². The van der Waals surface area contributed by atoms with Crippen molar-refractivity contribution in [2.24, 2.45) is 0 Å². The number of rotatable bonds is 1. The molecule has 2 rings (SSSR count). The highest BCUT2D eigenvalue weighted by molar-refractivity contribution is 6.17. The molecule has 64 valence electrons. The first-order valence-electron chi connectivity index (χ1n) is 3.82. The van der Waals surface area contributed by atoms with E-state index in [1.54, 1.807) is 12.1 Å². The second-order valence-corrected chi connectivity index (χ2v) is 2.98. The highest BCUT2D eigenvalue weighted by atomic mass is 35.5. The Morgan fingerprint density at radius 3 is 2.92 bits per heavy atom. The Hall–Kier alpha value is -1.46. The molecule has 0 saturated carbocycles. The second-order valence-electron chi connectivity index (χ2n) is 2.71. The molecule has 1 aromatic carbocycles. The SMILES string of the molecule is N#Cc1ccc2cc(CCl)oc2c1. The van der Waals surface area contributed by atoms with Crippen molar-refractivity contribution >= 4 is 22.6 Å². The Morgan fingerprint density at radius 2 is 2.23 bits per heavy atom. The molecule has 0 aliphatic carbocycles. The molecule has 0 amide bonds. The minimum absolute atomic E-state index is 0.358. The van der Waals surface area contributed by atoms with E-state index in [0.29, 0.717) is 11.4 Å². The third-order valence-corrected chi connectivity index (χ3v) is 2.10. The van der Waals surface area contributed by atoms with Crippen LogP contribution in [0.5, 0.6) is 0 Å². The molecule has 2 nitrogen and oxygen atoms in total. The molecule has 0 spiro atoms. The number of furan rings is 1. The van der Waals surface area contributed by atoms with Crippen molar-refractivity contribution in [3.8, 4) is 6.07 Å². The number of hydrogen-bond donors (Lipinski definition) is 0. The van der Waals surface area contributed by atoms with Gasteiger partial charge in [0.05, 0.1) is 17.5 Å². The standard InChI is InChI=1S/C10H6ClNO/c11-5-9-4-8-2-1-7(6-12)3-10(8)13-9/h1-4H,5H2. The van der Waals surface area contributed by atoms with Crippen molar-refractivity contribution in [1.82, 2.24) is 0 Å². The van der Waals surface area contributed by atoms with Crippen LogP contribution < -0.4 is 0 Å². The van der Waals surface area contributed by atoms with E-state index in [1.165, 1.54) is 0 Å². The van der Waals surface area contributed by atoms with Crippen LogP contribution in [0.15, 0.2) is 28.7 Å². The number of fused-ring (bicyclic) bond motifs is 1. The van der Waals surface area contributed by atoms with Crippen LogP contribution in [0.1, 0.15) is 11.3 Å². The average Bonchev–Trinajstić information content (AvgIpc) is 2.58. The lowest BCUT2D eigenvalue weighted by atomic mass is 10.2. The molecule has 0 unspecified atom stereocenters. The van der Waals surface area contributed by atoms with Crippen molar-refractivity contribution < 1.29 is 4.42 Å². The van der Waals surface area contributed by atoms with Crippen molar-refractivity contribution in [3.63, 3.8) is 0 Å². The first-order valence-corrected chi connectivity index (χ1v) is 4.35. The fraction of sp³-hybridized carbons (Fsp3) is 0.100. The van der Waals surface area contributed by atoms with Gasteiger partial charge in [-0.25, -0.2) is 0 Å². The summed E-state index contributed by atoms with van der Waals surface area (Å²) in [6, 6.07) is 9.26. The van der Waals surface area contributed by atoms with Gasteiger partial charge in [-0.05, 0) is 24.3 Å². The molecule has 0 fully saturated rings. The zero-order valence-corrected chi connectivity index (χ0v) is 7.51. The van der Waals surface area contributed by atoms with Gasteiger partial charge in [0.2, 0.25) is 0 Å². The molecule has 0 aliphatic heterocycles. The van der Waals surface area contributed by atoms with Crippen LogP contribution in [0.3, 0.4) is 0 Å². The molecule has 1 aromatic heterocycles. The molecule has 0 N–H and O–H groups in total. The number of hydrogen-bond acceptors (Lipinski definition) is 2. The molecule has 13 heavy (non-hydrogen) atoms. The first kappa shape index (κ1) is 8.15. The molecule has 2 aromatic rings. The summed E-state index contributed by atoms with van der Waals surface area (Å²) in [5, 5.41) is 9.62. The Labute approximate surface area is 80.3 Å². The third-order valence-electron chi connectivity index (χ3n) is 1.83. The van der Waals surface area contributed by atoms with Crippen LogP contribution in [0.2, 0.25) is 0 Å². The normalized spacial score (nSPS) is 10.2. The Kier molecular flexibility index (Phi) is 1.96. The van der Waals surface area contributed by atoms with Crippen LogP contribution in [-0.4, -0.2) is 0 Å². The lowest BCUT2D eigenvalue weighted by molar-refractivity contribution is 0.573. The van der Waals surface area contributed by atoms with E-state index in [1.807, 2.05) is 12.1 Å². The smallest absolute Gasteiger partial charge is 0.135 e. The fourth-order valence-electron chi connectivity index (χ4n) is 1.22. The summed E-state index contributed by atoms with van der Waals surface area (Å²) in [7, 11) is 0. The highest BCUT2D eigenvalue weighted by Gasteiger charge is 2.02. The molecule has 0 radical (unpaired) electrons. The molecule has 0 atom stereocenters. The number of benzene rings is 1. The van der Waals surface area contributed by atoms with E-state index >= 15 is 0 Å². The van der Waals surface area contributed by atoms with Gasteiger partial charge in [-0.1, -0.05) is 0 Å². The minimum Gasteiger partial charge on any atom is -0.460 e. The Bertz CT molecular complexity index is 481. The number of alkyl halides is 1. The maximum absolute atomic E-state index is 8.64. The van der Waals surface area contributed by atoms with Gasteiger partial charge in [-0.15, -0.1) is 11.6 Å². The van der Waals surface area contributed by atoms with E-state index < -0.39 is 0 Å². The summed E-state index contributed by atoms with van der Waals surface area (Å²) in [6.07, 6.45) is 0. The van der Waals surface area contributed by atoms with E-state index in [2.05, 4.69) is 6.07 Å². The molecule has 0 bridgehead atoms. The van der Waals surface area contributed by atoms with E-state index in [-0.39, 0.29) is 0 Å². The Morgan fingerprint density at radius 1 is 1.38 bits per heavy atom. The third kappa shape index (κ3) is 1.39. The lowest BCUT2D eigenvalue weighted by Crippen LogP contribution is -1.70. The zero-order chi connectivity index (χ0) is 9.26. The van der Waals surface area contributed by atoms with Crippen LogP contribution >= 0.6 is 11.6 Å². The van der Waals surface area contributed by atoms with Gasteiger partial charge in [0, 0.05) is 5.39 Å². The maximum atomic E-state index is 8.64. The summed E-state index contributed by atoms with van der Waals surface area (Å²) < 4.78 is 5.38. The van der Waals surface area contributed by atoms with Crippen molar-refractivity contribution in [2.75, 3.05) is 0 Å². The quantitative estimate of drug-likeness (QED) is 0.650. The second kappa shape index (κ2) is 3.12. The van der Waals surface area contributed by atoms with Crippen LogP contribution in [-0.2, 0) is 5.88 Å². The summed E-state index contributed by atoms with van der Waals surface area (Å²) >= 11 is 5.61. The predicted molar refractivity (Wildman–Crippen MR) is 50.5 cm³/mol. The minimum atomic E-state index is 0.358. The zero-order valence-electron chi connectivity index (χ0n) is 6.75. The summed E-state index contributed by atoms with van der Waals surface area (Å²) in [4.78, 5) is 0. The molecule has 0 saturated heterocycles. The molecule has 1 heterocycles. The van der Waals surface area contributed by atoms with Crippen LogP contribution in [0.25, 0.3) is 11.0 Å². The van der Waals surface area contributed by atoms with Crippen molar-refractivity contribution in [1.29, 1.82) is 5.26 Å². The number of nitrogens with zero attached hydrogens (tertiary/aromatic N) is 1. The van der Waals surface area contributed by atoms with Gasteiger partial charge in [-0.3, -0.25) is 0 Å². The van der Waals surface area contributed by atoms with Crippen LogP contribution in [0, 0.1) is 11.3 Å². The Balaban J connectivity index is 2.65. The summed E-state index contributed by atoms with van der Waals surface area (Å²) in [5.74, 6) is 1.09.